The molecule has 0 fully saturated rings. The van der Waals surface area contributed by atoms with E-state index in [1.54, 1.807) is 42.5 Å². The van der Waals surface area contributed by atoms with Gasteiger partial charge in [-0.1, -0.05) is 36.4 Å². The van der Waals surface area contributed by atoms with Gasteiger partial charge in [0.25, 0.3) is 0 Å². The first-order valence-electron chi connectivity index (χ1n) is 7.74. The number of carbonyl (C=O) groups excluding carboxylic acids is 1. The number of hydrogen-bond acceptors (Lipinski definition) is 6. The monoisotopic (exact) mass is 376 g/mol. The van der Waals surface area contributed by atoms with Crippen molar-refractivity contribution in [1.29, 1.82) is 0 Å². The molecule has 2 aromatic rings. The summed E-state index contributed by atoms with van der Waals surface area (Å²) in [7, 11) is -1.58. The molecule has 0 aliphatic carbocycles. The molecule has 1 N–H and O–H groups in total. The molecule has 8 heteroatoms. The second-order valence-corrected chi connectivity index (χ2v) is 8.17. The molecule has 0 bridgehead atoms. The van der Waals surface area contributed by atoms with Crippen LogP contribution in [-0.4, -0.2) is 31.3 Å². The van der Waals surface area contributed by atoms with Crippen LogP contribution in [0.15, 0.2) is 48.5 Å². The van der Waals surface area contributed by atoms with Crippen molar-refractivity contribution in [3.8, 4) is 0 Å². The van der Waals surface area contributed by atoms with E-state index >= 15 is 0 Å². The number of fused-ring (bicyclic) bond motifs is 1. The fourth-order valence-corrected chi connectivity index (χ4v) is 4.99. The van der Waals surface area contributed by atoms with Crippen LogP contribution >= 0.6 is 7.60 Å². The average Bonchev–Trinajstić information content (AvgIpc) is 2.95. The van der Waals surface area contributed by atoms with Gasteiger partial charge in [-0.25, -0.2) is 9.59 Å². The standard InChI is InChI=1S/C18H17O7P/c1-23-26(22,24-2)18(11-12-7-3-4-8-13(12)16(19)20)15-10-6-5-9-14(15)17(21)25-18/h3-10H,11H2,1-2H3,(H,19,20). The largest absolute Gasteiger partial charge is 0.478 e. The summed E-state index contributed by atoms with van der Waals surface area (Å²) in [6.45, 7) is 0. The van der Waals surface area contributed by atoms with Gasteiger partial charge in [-0.15, -0.1) is 0 Å². The smallest absolute Gasteiger partial charge is 0.378 e. The van der Waals surface area contributed by atoms with Crippen LogP contribution in [0.4, 0.5) is 0 Å². The Balaban J connectivity index is 2.25. The molecule has 7 nitrogen and oxygen atoms in total. The van der Waals surface area contributed by atoms with Gasteiger partial charge in [-0.2, -0.15) is 0 Å². The number of hydrogen-bond donors (Lipinski definition) is 1. The predicted molar refractivity (Wildman–Crippen MR) is 92.3 cm³/mol. The van der Waals surface area contributed by atoms with E-state index in [2.05, 4.69) is 0 Å². The zero-order valence-electron chi connectivity index (χ0n) is 14.2. The highest BCUT2D eigenvalue weighted by Gasteiger charge is 2.60. The Morgan fingerprint density at radius 3 is 2.38 bits per heavy atom. The van der Waals surface area contributed by atoms with Gasteiger partial charge in [-0.3, -0.25) is 4.57 Å². The molecule has 2 aromatic carbocycles. The molecule has 1 heterocycles. The van der Waals surface area contributed by atoms with E-state index in [0.717, 1.165) is 0 Å². The van der Waals surface area contributed by atoms with Crippen molar-refractivity contribution >= 4 is 19.5 Å². The minimum atomic E-state index is -3.98. The number of esters is 1. The lowest BCUT2D eigenvalue weighted by Crippen LogP contribution is -2.31. The molecule has 0 saturated carbocycles. The van der Waals surface area contributed by atoms with Crippen LogP contribution in [0.3, 0.4) is 0 Å². The topological polar surface area (TPSA) is 99.1 Å². The predicted octanol–water partition coefficient (Wildman–Crippen LogP) is 3.44. The summed E-state index contributed by atoms with van der Waals surface area (Å²) >= 11 is 0. The summed E-state index contributed by atoms with van der Waals surface area (Å²) in [6.07, 6.45) is -0.169. The van der Waals surface area contributed by atoms with Crippen molar-refractivity contribution in [2.75, 3.05) is 14.2 Å². The van der Waals surface area contributed by atoms with Crippen molar-refractivity contribution in [3.63, 3.8) is 0 Å². The number of carboxylic acids is 1. The molecule has 0 radical (unpaired) electrons. The summed E-state index contributed by atoms with van der Waals surface area (Å²) in [4.78, 5) is 24.0. The Hall–Kier alpha value is -2.47. The normalized spacial score (nSPS) is 19.1. The average molecular weight is 376 g/mol. The fourth-order valence-electron chi connectivity index (χ4n) is 3.21. The maximum absolute atomic E-state index is 13.4. The molecule has 0 amide bonds. The molecule has 26 heavy (non-hydrogen) atoms. The van der Waals surface area contributed by atoms with E-state index in [1.807, 2.05) is 0 Å². The summed E-state index contributed by atoms with van der Waals surface area (Å²) in [5.74, 6) is -1.80. The Bertz CT molecular complexity index is 915. The van der Waals surface area contributed by atoms with Gasteiger partial charge < -0.3 is 18.9 Å². The number of cyclic esters (lactones) is 1. The molecule has 1 atom stereocenters. The summed E-state index contributed by atoms with van der Waals surface area (Å²) in [5, 5.41) is 7.68. The third-order valence-electron chi connectivity index (χ3n) is 4.43. The van der Waals surface area contributed by atoms with Gasteiger partial charge in [0.2, 0.25) is 5.34 Å². The second-order valence-electron chi connectivity index (χ2n) is 5.72. The fraction of sp³-hybridized carbons (Fsp3) is 0.222. The number of ether oxygens (including phenoxy) is 1. The second kappa shape index (κ2) is 6.68. The van der Waals surface area contributed by atoms with Crippen LogP contribution in [-0.2, 0) is 30.1 Å². The highest BCUT2D eigenvalue weighted by atomic mass is 31.2. The van der Waals surface area contributed by atoms with Crippen LogP contribution in [0, 0.1) is 0 Å². The molecule has 0 aromatic heterocycles. The minimum absolute atomic E-state index is 0.0195. The van der Waals surface area contributed by atoms with E-state index in [-0.39, 0.29) is 17.5 Å². The third kappa shape index (κ3) is 2.65. The SMILES string of the molecule is COP(=O)(OC)C1(Cc2ccccc2C(=O)O)OC(=O)c2ccccc21. The van der Waals surface area contributed by atoms with Crippen molar-refractivity contribution in [2.24, 2.45) is 0 Å². The van der Waals surface area contributed by atoms with Gasteiger partial charge in [-0.05, 0) is 17.7 Å². The quantitative estimate of drug-likeness (QED) is 0.609. The number of carbonyl (C=O) groups is 2. The van der Waals surface area contributed by atoms with Crippen molar-refractivity contribution < 1.29 is 33.0 Å². The lowest BCUT2D eigenvalue weighted by molar-refractivity contribution is 0.0134. The summed E-state index contributed by atoms with van der Waals surface area (Å²) in [6, 6.07) is 12.7. The minimum Gasteiger partial charge on any atom is -0.478 e. The van der Waals surface area contributed by atoms with Crippen LogP contribution in [0.1, 0.15) is 31.8 Å². The van der Waals surface area contributed by atoms with E-state index in [9.17, 15) is 19.3 Å². The van der Waals surface area contributed by atoms with E-state index in [0.29, 0.717) is 11.1 Å². The molecule has 3 rings (SSSR count). The first kappa shape index (κ1) is 18.3. The van der Waals surface area contributed by atoms with Crippen molar-refractivity contribution in [1.82, 2.24) is 0 Å². The third-order valence-corrected chi connectivity index (χ3v) is 6.77. The molecular formula is C18H17O7P. The molecule has 1 aliphatic heterocycles. The number of rotatable bonds is 6. The Kier molecular flexibility index (Phi) is 4.71. The van der Waals surface area contributed by atoms with E-state index in [1.165, 1.54) is 20.3 Å². The van der Waals surface area contributed by atoms with Gasteiger partial charge in [0, 0.05) is 26.2 Å². The van der Waals surface area contributed by atoms with Crippen LogP contribution in [0.5, 0.6) is 0 Å². The summed E-state index contributed by atoms with van der Waals surface area (Å²) in [5.41, 5.74) is 0.955. The zero-order valence-corrected chi connectivity index (χ0v) is 15.1. The van der Waals surface area contributed by atoms with Crippen LogP contribution in [0.25, 0.3) is 0 Å². The Morgan fingerprint density at radius 1 is 1.12 bits per heavy atom. The lowest BCUT2D eigenvalue weighted by Gasteiger charge is -2.34. The lowest BCUT2D eigenvalue weighted by atomic mass is 9.96. The molecule has 1 unspecified atom stereocenters. The van der Waals surface area contributed by atoms with E-state index in [4.69, 9.17) is 13.8 Å². The number of benzene rings is 2. The van der Waals surface area contributed by atoms with Crippen molar-refractivity contribution in [2.45, 2.75) is 11.8 Å². The highest BCUT2D eigenvalue weighted by Crippen LogP contribution is 2.68. The molecule has 1 aliphatic rings. The van der Waals surface area contributed by atoms with Crippen molar-refractivity contribution in [3.05, 3.63) is 70.8 Å². The van der Waals surface area contributed by atoms with Gasteiger partial charge in [0.15, 0.2) is 0 Å². The Morgan fingerprint density at radius 2 is 1.73 bits per heavy atom. The zero-order chi connectivity index (χ0) is 18.9. The first-order chi connectivity index (χ1) is 12.4. The Labute approximate surface area is 150 Å². The number of carboxylic acid groups (broad SMARTS) is 1. The molecule has 0 saturated heterocycles. The van der Waals surface area contributed by atoms with Gasteiger partial charge in [0.1, 0.15) is 0 Å². The maximum atomic E-state index is 13.4. The highest BCUT2D eigenvalue weighted by molar-refractivity contribution is 7.55. The van der Waals surface area contributed by atoms with Crippen LogP contribution in [0.2, 0.25) is 0 Å². The first-order valence-corrected chi connectivity index (χ1v) is 9.28. The molecule has 136 valence electrons. The van der Waals surface area contributed by atoms with E-state index < -0.39 is 24.9 Å². The van der Waals surface area contributed by atoms with Gasteiger partial charge >= 0.3 is 19.5 Å². The number of aromatic carboxylic acids is 1. The van der Waals surface area contributed by atoms with Gasteiger partial charge in [0.05, 0.1) is 11.1 Å². The maximum Gasteiger partial charge on any atom is 0.378 e. The molecule has 0 spiro atoms. The van der Waals surface area contributed by atoms with Crippen LogP contribution < -0.4 is 0 Å². The summed E-state index contributed by atoms with van der Waals surface area (Å²) < 4.78 is 29.3. The molecular weight excluding hydrogens is 359 g/mol.